The minimum Gasteiger partial charge on any atom is -0.480 e. The number of aliphatic hydroxyl groups excluding tert-OH is 1. The zero-order valence-electron chi connectivity index (χ0n) is 9.58. The van der Waals surface area contributed by atoms with Crippen LogP contribution in [0.15, 0.2) is 12.1 Å². The Labute approximate surface area is 118 Å². The largest absolute Gasteiger partial charge is 0.480 e. The van der Waals surface area contributed by atoms with Crippen molar-refractivity contribution in [1.82, 2.24) is 9.88 Å². The molecule has 0 saturated carbocycles. The van der Waals surface area contributed by atoms with E-state index >= 15 is 0 Å². The van der Waals surface area contributed by atoms with Gasteiger partial charge < -0.3 is 15.1 Å². The summed E-state index contributed by atoms with van der Waals surface area (Å²) < 4.78 is 0. The predicted molar refractivity (Wildman–Crippen MR) is 67.3 cm³/mol. The second-order valence-electron chi connectivity index (χ2n) is 4.17. The molecule has 1 amide bonds. The van der Waals surface area contributed by atoms with E-state index in [1.165, 1.54) is 12.1 Å². The van der Waals surface area contributed by atoms with Crippen molar-refractivity contribution in [1.29, 1.82) is 0 Å². The molecule has 1 aromatic heterocycles. The van der Waals surface area contributed by atoms with E-state index < -0.39 is 24.0 Å². The first-order valence-corrected chi connectivity index (χ1v) is 6.19. The van der Waals surface area contributed by atoms with Crippen LogP contribution in [0, 0.1) is 0 Å². The molecule has 0 aromatic carbocycles. The van der Waals surface area contributed by atoms with Crippen LogP contribution in [-0.2, 0) is 4.79 Å². The first kappa shape index (κ1) is 14.0. The van der Waals surface area contributed by atoms with E-state index in [4.69, 9.17) is 28.3 Å². The summed E-state index contributed by atoms with van der Waals surface area (Å²) in [6.07, 6.45) is -0.858. The summed E-state index contributed by atoms with van der Waals surface area (Å²) >= 11 is 11.4. The van der Waals surface area contributed by atoms with Crippen LogP contribution < -0.4 is 0 Å². The van der Waals surface area contributed by atoms with E-state index in [2.05, 4.69) is 4.98 Å². The maximum absolute atomic E-state index is 12.2. The number of hydrogen-bond donors (Lipinski definition) is 2. The Bertz CT molecular complexity index is 537. The fourth-order valence-corrected chi connectivity index (χ4v) is 2.42. The van der Waals surface area contributed by atoms with Crippen molar-refractivity contribution >= 4 is 35.1 Å². The van der Waals surface area contributed by atoms with Gasteiger partial charge in [-0.2, -0.15) is 0 Å². The maximum atomic E-state index is 12.2. The number of β-amino-alcohol motifs (C(OH)–C–C–N with tert-alkyl or cyclic N) is 1. The van der Waals surface area contributed by atoms with Crippen molar-refractivity contribution in [2.75, 3.05) is 6.54 Å². The molecule has 0 aliphatic carbocycles. The molecule has 102 valence electrons. The molecule has 1 unspecified atom stereocenters. The minimum absolute atomic E-state index is 0.000287. The number of aliphatic carboxylic acids is 1. The fraction of sp³-hybridized carbons (Fsp3) is 0.364. The van der Waals surface area contributed by atoms with Gasteiger partial charge in [0, 0.05) is 13.0 Å². The Morgan fingerprint density at radius 2 is 2.05 bits per heavy atom. The summed E-state index contributed by atoms with van der Waals surface area (Å²) in [7, 11) is 0. The zero-order valence-corrected chi connectivity index (χ0v) is 11.1. The summed E-state index contributed by atoms with van der Waals surface area (Å²) in [5.74, 6) is -1.75. The zero-order chi connectivity index (χ0) is 14.2. The normalized spacial score (nSPS) is 22.6. The lowest BCUT2D eigenvalue weighted by Gasteiger charge is -2.21. The summed E-state index contributed by atoms with van der Waals surface area (Å²) in [5.41, 5.74) is 0.0615. The van der Waals surface area contributed by atoms with Gasteiger partial charge in [0.2, 0.25) is 0 Å². The molecule has 1 fully saturated rings. The Morgan fingerprint density at radius 3 is 2.63 bits per heavy atom. The lowest BCUT2D eigenvalue weighted by atomic mass is 10.2. The number of aliphatic hydroxyl groups is 1. The van der Waals surface area contributed by atoms with Crippen LogP contribution in [0.1, 0.15) is 16.8 Å². The van der Waals surface area contributed by atoms with E-state index in [9.17, 15) is 14.7 Å². The van der Waals surface area contributed by atoms with Gasteiger partial charge in [0.25, 0.3) is 5.91 Å². The van der Waals surface area contributed by atoms with E-state index in [1.807, 2.05) is 0 Å². The molecule has 1 aromatic rings. The molecule has 8 heteroatoms. The van der Waals surface area contributed by atoms with E-state index in [0.717, 1.165) is 4.90 Å². The SMILES string of the molecule is O=C(O)[C@@H]1CC(O)CN1C(=O)c1ccc(Cl)nc1Cl. The third-order valence-corrected chi connectivity index (χ3v) is 3.37. The van der Waals surface area contributed by atoms with Gasteiger partial charge in [0.1, 0.15) is 16.3 Å². The van der Waals surface area contributed by atoms with Crippen LogP contribution in [0.5, 0.6) is 0 Å². The molecule has 19 heavy (non-hydrogen) atoms. The highest BCUT2D eigenvalue weighted by Crippen LogP contribution is 2.24. The molecule has 6 nitrogen and oxygen atoms in total. The predicted octanol–water partition coefficient (Wildman–Crippen LogP) is 1.05. The first-order valence-electron chi connectivity index (χ1n) is 5.44. The number of hydrogen-bond acceptors (Lipinski definition) is 4. The van der Waals surface area contributed by atoms with E-state index in [-0.39, 0.29) is 28.8 Å². The number of rotatable bonds is 2. The summed E-state index contributed by atoms with van der Waals surface area (Å²) in [4.78, 5) is 28.1. The van der Waals surface area contributed by atoms with Crippen molar-refractivity contribution in [3.05, 3.63) is 28.0 Å². The van der Waals surface area contributed by atoms with Crippen LogP contribution >= 0.6 is 23.2 Å². The number of pyridine rings is 1. The highest BCUT2D eigenvalue weighted by Gasteiger charge is 2.39. The Kier molecular flexibility index (Phi) is 3.93. The molecule has 2 N–H and O–H groups in total. The number of nitrogens with zero attached hydrogens (tertiary/aromatic N) is 2. The number of carboxylic acid groups (broad SMARTS) is 1. The molecule has 0 radical (unpaired) electrons. The Hall–Kier alpha value is -1.37. The smallest absolute Gasteiger partial charge is 0.326 e. The number of carbonyl (C=O) groups is 2. The third kappa shape index (κ3) is 2.80. The maximum Gasteiger partial charge on any atom is 0.326 e. The molecule has 0 spiro atoms. The van der Waals surface area contributed by atoms with Crippen LogP contribution in [0.2, 0.25) is 10.3 Å². The summed E-state index contributed by atoms with van der Waals surface area (Å²) in [5, 5.41) is 18.6. The highest BCUT2D eigenvalue weighted by atomic mass is 35.5. The van der Waals surface area contributed by atoms with Crippen molar-refractivity contribution in [3.63, 3.8) is 0 Å². The van der Waals surface area contributed by atoms with Crippen LogP contribution in [-0.4, -0.2) is 50.7 Å². The highest BCUT2D eigenvalue weighted by molar-refractivity contribution is 6.34. The molecule has 1 aliphatic rings. The number of carboxylic acids is 1. The average Bonchev–Trinajstić information content (AvgIpc) is 2.70. The van der Waals surface area contributed by atoms with Gasteiger partial charge in [-0.3, -0.25) is 4.79 Å². The lowest BCUT2D eigenvalue weighted by Crippen LogP contribution is -2.40. The van der Waals surface area contributed by atoms with Gasteiger partial charge in [0.05, 0.1) is 11.7 Å². The number of aromatic nitrogens is 1. The summed E-state index contributed by atoms with van der Waals surface area (Å²) in [6, 6.07) is 1.71. The summed E-state index contributed by atoms with van der Waals surface area (Å²) in [6.45, 7) is -0.0469. The molecule has 2 rings (SSSR count). The monoisotopic (exact) mass is 304 g/mol. The molecule has 2 heterocycles. The minimum atomic E-state index is -1.16. The molecular weight excluding hydrogens is 295 g/mol. The van der Waals surface area contributed by atoms with Crippen LogP contribution in [0.3, 0.4) is 0 Å². The molecular formula is C11H10Cl2N2O4. The van der Waals surface area contributed by atoms with Crippen molar-refractivity contribution in [3.8, 4) is 0 Å². The van der Waals surface area contributed by atoms with E-state index in [1.54, 1.807) is 0 Å². The number of halogens is 2. The molecule has 0 bridgehead atoms. The second-order valence-corrected chi connectivity index (χ2v) is 4.92. The Morgan fingerprint density at radius 1 is 1.37 bits per heavy atom. The topological polar surface area (TPSA) is 90.7 Å². The molecule has 1 saturated heterocycles. The van der Waals surface area contributed by atoms with Gasteiger partial charge in [-0.1, -0.05) is 23.2 Å². The number of carbonyl (C=O) groups excluding carboxylic acids is 1. The van der Waals surface area contributed by atoms with E-state index in [0.29, 0.717) is 0 Å². The number of amides is 1. The third-order valence-electron chi connectivity index (χ3n) is 2.87. The molecule has 2 atom stereocenters. The van der Waals surface area contributed by atoms with Gasteiger partial charge in [-0.25, -0.2) is 9.78 Å². The lowest BCUT2D eigenvalue weighted by molar-refractivity contribution is -0.141. The Balaban J connectivity index is 2.30. The van der Waals surface area contributed by atoms with Gasteiger partial charge >= 0.3 is 5.97 Å². The number of likely N-dealkylation sites (tertiary alicyclic amines) is 1. The van der Waals surface area contributed by atoms with Crippen molar-refractivity contribution < 1.29 is 19.8 Å². The van der Waals surface area contributed by atoms with Gasteiger partial charge in [0.15, 0.2) is 0 Å². The molecule has 1 aliphatic heterocycles. The first-order chi connectivity index (χ1) is 8.90. The standard InChI is InChI=1S/C11H10Cl2N2O4/c12-8-2-1-6(9(13)14-8)10(17)15-4-5(16)3-7(15)11(18)19/h1-2,5,7,16H,3-4H2,(H,18,19)/t5?,7-/m0/s1. The average molecular weight is 305 g/mol. The quantitative estimate of drug-likeness (QED) is 0.797. The van der Waals surface area contributed by atoms with Crippen molar-refractivity contribution in [2.45, 2.75) is 18.6 Å². The van der Waals surface area contributed by atoms with Crippen LogP contribution in [0.25, 0.3) is 0 Å². The van der Waals surface area contributed by atoms with Crippen molar-refractivity contribution in [2.24, 2.45) is 0 Å². The van der Waals surface area contributed by atoms with Gasteiger partial charge in [-0.15, -0.1) is 0 Å². The fourth-order valence-electron chi connectivity index (χ4n) is 2.00. The van der Waals surface area contributed by atoms with Crippen LogP contribution in [0.4, 0.5) is 0 Å². The second kappa shape index (κ2) is 5.32. The van der Waals surface area contributed by atoms with Gasteiger partial charge in [-0.05, 0) is 12.1 Å².